The Balaban J connectivity index is 1.16. The van der Waals surface area contributed by atoms with E-state index in [-0.39, 0.29) is 0 Å². The first-order chi connectivity index (χ1) is 25.6. The zero-order chi connectivity index (χ0) is 35.4. The van der Waals surface area contributed by atoms with E-state index in [0.29, 0.717) is 5.71 Å². The molecule has 1 heterocycles. The molecule has 1 spiro atoms. The van der Waals surface area contributed by atoms with Crippen molar-refractivity contribution in [2.45, 2.75) is 25.7 Å². The highest BCUT2D eigenvalue weighted by molar-refractivity contribution is 6.28. The molecule has 248 valence electrons. The van der Waals surface area contributed by atoms with Gasteiger partial charge in [0, 0.05) is 18.0 Å². The first-order valence-corrected chi connectivity index (χ1v) is 18.1. The van der Waals surface area contributed by atoms with Crippen molar-refractivity contribution in [3.8, 4) is 22.3 Å². The van der Waals surface area contributed by atoms with Crippen molar-refractivity contribution in [3.63, 3.8) is 0 Å². The fourth-order valence-corrected chi connectivity index (χ4v) is 9.00. The van der Waals surface area contributed by atoms with E-state index in [4.69, 9.17) is 0 Å². The lowest BCUT2D eigenvalue weighted by Crippen LogP contribution is -2.27. The van der Waals surface area contributed by atoms with Gasteiger partial charge in [-0.3, -0.25) is 4.98 Å². The van der Waals surface area contributed by atoms with E-state index in [0.717, 1.165) is 44.7 Å². The van der Waals surface area contributed by atoms with Crippen molar-refractivity contribution >= 4 is 38.4 Å². The Kier molecular flexibility index (Phi) is 7.56. The average molecular weight is 667 g/mol. The Labute approximate surface area is 305 Å². The van der Waals surface area contributed by atoms with Crippen molar-refractivity contribution in [2.75, 3.05) is 0 Å². The van der Waals surface area contributed by atoms with Crippen LogP contribution in [-0.2, 0) is 5.41 Å². The lowest BCUT2D eigenvalue weighted by Gasteiger charge is -2.31. The molecule has 9 rings (SSSR count). The molecule has 0 saturated heterocycles. The smallest absolute Gasteiger partial charge is 0.0737 e. The molecule has 52 heavy (non-hydrogen) atoms. The number of hydrogen-bond acceptors (Lipinski definition) is 2. The maximum absolute atomic E-state index is 9.52. The molecule has 6 aromatic carbocycles. The Morgan fingerprint density at radius 3 is 2.06 bits per heavy atom. The molecule has 1 unspecified atom stereocenters. The fraction of sp³-hybridized carbons (Fsp3) is 0.0800. The standard InChI is InChI=1S/C50H38N2/c1-4-15-43-35(5-2)37-26-25-34(30-45(37)50(43)44-23-14-13-18-36(44)38-28-29-52-31-46(38)50)32(3)24-27-47(51)49-41-21-11-9-19-39(41)48(33-16-7-6-8-17-33)40-20-10-12-22-42(40)49/h4,6-31,51H,3,5H2,1-2H3/b15-4-,27-24-,51-47?. The number of aromatic nitrogens is 1. The zero-order valence-electron chi connectivity index (χ0n) is 29.4. The molecule has 0 saturated carbocycles. The number of benzene rings is 6. The van der Waals surface area contributed by atoms with Crippen LogP contribution < -0.4 is 0 Å². The van der Waals surface area contributed by atoms with Gasteiger partial charge in [-0.1, -0.05) is 147 Å². The Hall–Kier alpha value is -6.38. The van der Waals surface area contributed by atoms with Gasteiger partial charge in [0.2, 0.25) is 0 Å². The third-order valence-corrected chi connectivity index (χ3v) is 11.1. The van der Waals surface area contributed by atoms with Crippen LogP contribution >= 0.6 is 0 Å². The third-order valence-electron chi connectivity index (χ3n) is 11.1. The first-order valence-electron chi connectivity index (χ1n) is 18.1. The van der Waals surface area contributed by atoms with E-state index >= 15 is 0 Å². The van der Waals surface area contributed by atoms with E-state index in [1.807, 2.05) is 18.3 Å². The summed E-state index contributed by atoms with van der Waals surface area (Å²) in [7, 11) is 0. The highest BCUT2D eigenvalue weighted by Gasteiger charge is 2.52. The van der Waals surface area contributed by atoms with E-state index in [2.05, 4.69) is 171 Å². The van der Waals surface area contributed by atoms with Gasteiger partial charge >= 0.3 is 0 Å². The van der Waals surface area contributed by atoms with Crippen LogP contribution in [0.25, 0.3) is 54.9 Å². The molecule has 0 amide bonds. The summed E-state index contributed by atoms with van der Waals surface area (Å²) < 4.78 is 0. The van der Waals surface area contributed by atoms with Crippen LogP contribution in [0.1, 0.15) is 53.6 Å². The van der Waals surface area contributed by atoms with Gasteiger partial charge in [-0.05, 0) is 120 Å². The lowest BCUT2D eigenvalue weighted by atomic mass is 9.69. The fourth-order valence-electron chi connectivity index (χ4n) is 9.00. The van der Waals surface area contributed by atoms with E-state index in [1.54, 1.807) is 0 Å². The van der Waals surface area contributed by atoms with E-state index in [9.17, 15) is 5.41 Å². The summed E-state index contributed by atoms with van der Waals surface area (Å²) >= 11 is 0. The van der Waals surface area contributed by atoms with Crippen LogP contribution in [0.15, 0.2) is 176 Å². The van der Waals surface area contributed by atoms with Gasteiger partial charge in [-0.2, -0.15) is 0 Å². The normalized spacial score (nSPS) is 16.0. The minimum absolute atomic E-state index is 0.459. The van der Waals surface area contributed by atoms with Gasteiger partial charge in [-0.25, -0.2) is 0 Å². The van der Waals surface area contributed by atoms with Gasteiger partial charge in [0.1, 0.15) is 0 Å². The predicted molar refractivity (Wildman–Crippen MR) is 220 cm³/mol. The molecule has 1 atom stereocenters. The molecule has 2 aliphatic rings. The molecular formula is C50H38N2. The molecule has 0 radical (unpaired) electrons. The molecule has 1 aromatic heterocycles. The number of hydrogen-bond donors (Lipinski definition) is 1. The molecule has 2 aliphatic carbocycles. The van der Waals surface area contributed by atoms with E-state index in [1.165, 1.54) is 55.7 Å². The van der Waals surface area contributed by atoms with Crippen LogP contribution in [0, 0.1) is 5.41 Å². The summed E-state index contributed by atoms with van der Waals surface area (Å²) in [6, 6.07) is 45.4. The number of pyridine rings is 1. The second-order valence-corrected chi connectivity index (χ2v) is 13.7. The van der Waals surface area contributed by atoms with Gasteiger partial charge in [0.05, 0.1) is 11.1 Å². The lowest BCUT2D eigenvalue weighted by molar-refractivity contribution is 0.779. The Morgan fingerprint density at radius 2 is 1.35 bits per heavy atom. The minimum Gasteiger partial charge on any atom is -0.300 e. The maximum atomic E-state index is 9.52. The summed E-state index contributed by atoms with van der Waals surface area (Å²) in [5.74, 6) is 0. The number of nitrogens with zero attached hydrogens (tertiary/aromatic N) is 1. The van der Waals surface area contributed by atoms with Crippen molar-refractivity contribution in [1.29, 1.82) is 5.41 Å². The van der Waals surface area contributed by atoms with Gasteiger partial charge in [-0.15, -0.1) is 0 Å². The summed E-state index contributed by atoms with van der Waals surface area (Å²) in [4.78, 5) is 4.68. The number of rotatable bonds is 7. The largest absolute Gasteiger partial charge is 0.300 e. The maximum Gasteiger partial charge on any atom is 0.0737 e. The van der Waals surface area contributed by atoms with Crippen LogP contribution in [0.2, 0.25) is 0 Å². The highest BCUT2D eigenvalue weighted by Crippen LogP contribution is 2.62. The summed E-state index contributed by atoms with van der Waals surface area (Å²) in [6.45, 7) is 8.93. The number of fused-ring (bicyclic) bond motifs is 9. The van der Waals surface area contributed by atoms with Crippen molar-refractivity contribution in [1.82, 2.24) is 4.98 Å². The molecule has 2 heteroatoms. The Bertz CT molecular complexity index is 2600. The van der Waals surface area contributed by atoms with Gasteiger partial charge in [0.15, 0.2) is 0 Å². The molecule has 0 aliphatic heterocycles. The van der Waals surface area contributed by atoms with Crippen molar-refractivity contribution in [3.05, 3.63) is 210 Å². The monoisotopic (exact) mass is 666 g/mol. The first kappa shape index (κ1) is 31.6. The highest BCUT2D eigenvalue weighted by atomic mass is 14.7. The van der Waals surface area contributed by atoms with Crippen LogP contribution in [-0.4, -0.2) is 10.7 Å². The summed E-state index contributed by atoms with van der Waals surface area (Å²) in [5, 5.41) is 13.9. The molecule has 7 aromatic rings. The van der Waals surface area contributed by atoms with Crippen molar-refractivity contribution < 1.29 is 0 Å². The van der Waals surface area contributed by atoms with E-state index < -0.39 is 5.41 Å². The van der Waals surface area contributed by atoms with Crippen LogP contribution in [0.3, 0.4) is 0 Å². The zero-order valence-corrected chi connectivity index (χ0v) is 29.4. The minimum atomic E-state index is -0.460. The predicted octanol–water partition coefficient (Wildman–Crippen LogP) is 12.8. The second kappa shape index (κ2) is 12.4. The molecule has 2 nitrogen and oxygen atoms in total. The molecule has 0 bridgehead atoms. The summed E-state index contributed by atoms with van der Waals surface area (Å²) in [5.41, 5.74) is 15.5. The van der Waals surface area contributed by atoms with Gasteiger partial charge < -0.3 is 5.41 Å². The average Bonchev–Trinajstić information content (AvgIpc) is 3.65. The van der Waals surface area contributed by atoms with Crippen molar-refractivity contribution in [2.24, 2.45) is 0 Å². The Morgan fingerprint density at radius 1 is 0.692 bits per heavy atom. The second-order valence-electron chi connectivity index (χ2n) is 13.7. The molecule has 1 N–H and O–H groups in total. The third kappa shape index (κ3) is 4.50. The number of allylic oxidation sites excluding steroid dienone is 7. The van der Waals surface area contributed by atoms with Gasteiger partial charge in [0.25, 0.3) is 0 Å². The van der Waals surface area contributed by atoms with Crippen LogP contribution in [0.5, 0.6) is 0 Å². The van der Waals surface area contributed by atoms with Crippen LogP contribution in [0.4, 0.5) is 0 Å². The quantitative estimate of drug-likeness (QED) is 0.103. The summed E-state index contributed by atoms with van der Waals surface area (Å²) in [6.07, 6.45) is 13.3. The number of nitrogens with one attached hydrogen (secondary N) is 1. The molecular weight excluding hydrogens is 629 g/mol. The topological polar surface area (TPSA) is 36.7 Å². The SMILES string of the molecule is C=C(/C=C\C(=N)c1c2ccccc2c(-c2ccccc2)c2ccccc12)c1ccc2c(c1)C1(C(/C=C\C)=C2CC)c2ccccc2-c2ccncc21. The molecule has 0 fully saturated rings.